The molecular formula is C15H18ClNO4. The molecule has 1 N–H and O–H groups in total. The SMILES string of the molecule is O=C(c1cc(Cl)c2c(c1)OCCO2)N1CCCC(CO)C1. The average Bonchev–Trinajstić information content (AvgIpc) is 2.54. The van der Waals surface area contributed by atoms with Crippen LogP contribution >= 0.6 is 11.6 Å². The molecule has 6 heteroatoms. The Hall–Kier alpha value is -1.46. The number of likely N-dealkylation sites (tertiary alicyclic amines) is 1. The van der Waals surface area contributed by atoms with E-state index in [0.717, 1.165) is 12.8 Å². The smallest absolute Gasteiger partial charge is 0.254 e. The maximum atomic E-state index is 12.6. The highest BCUT2D eigenvalue weighted by Crippen LogP contribution is 2.38. The first-order valence-electron chi connectivity index (χ1n) is 7.18. The largest absolute Gasteiger partial charge is 0.486 e. The molecule has 1 fully saturated rings. The van der Waals surface area contributed by atoms with E-state index in [2.05, 4.69) is 0 Å². The van der Waals surface area contributed by atoms with Gasteiger partial charge in [-0.2, -0.15) is 0 Å². The summed E-state index contributed by atoms with van der Waals surface area (Å²) in [6.45, 7) is 2.33. The summed E-state index contributed by atoms with van der Waals surface area (Å²) in [5, 5.41) is 9.66. The number of carbonyl (C=O) groups is 1. The van der Waals surface area contributed by atoms with E-state index >= 15 is 0 Å². The number of amides is 1. The zero-order valence-electron chi connectivity index (χ0n) is 11.7. The lowest BCUT2D eigenvalue weighted by atomic mass is 9.98. The second kappa shape index (κ2) is 6.12. The lowest BCUT2D eigenvalue weighted by Gasteiger charge is -2.32. The predicted molar refractivity (Wildman–Crippen MR) is 78.2 cm³/mol. The second-order valence-corrected chi connectivity index (χ2v) is 5.83. The van der Waals surface area contributed by atoms with E-state index < -0.39 is 0 Å². The highest BCUT2D eigenvalue weighted by Gasteiger charge is 2.26. The van der Waals surface area contributed by atoms with Crippen molar-refractivity contribution in [3.05, 3.63) is 22.7 Å². The molecule has 2 heterocycles. The van der Waals surface area contributed by atoms with Gasteiger partial charge in [-0.1, -0.05) is 11.6 Å². The topological polar surface area (TPSA) is 59.0 Å². The van der Waals surface area contributed by atoms with E-state index in [1.807, 2.05) is 0 Å². The molecule has 1 unspecified atom stereocenters. The molecular weight excluding hydrogens is 294 g/mol. The van der Waals surface area contributed by atoms with E-state index in [1.54, 1.807) is 17.0 Å². The molecule has 0 bridgehead atoms. The van der Waals surface area contributed by atoms with Crippen LogP contribution in [0.15, 0.2) is 12.1 Å². The summed E-state index contributed by atoms with van der Waals surface area (Å²) in [6.07, 6.45) is 1.87. The molecule has 0 saturated carbocycles. The van der Waals surface area contributed by atoms with Gasteiger partial charge in [0.15, 0.2) is 11.5 Å². The maximum absolute atomic E-state index is 12.6. The van der Waals surface area contributed by atoms with Gasteiger partial charge in [0.25, 0.3) is 5.91 Å². The Kier molecular flexibility index (Phi) is 4.22. The van der Waals surface area contributed by atoms with Crippen LogP contribution in [0.1, 0.15) is 23.2 Å². The molecule has 5 nitrogen and oxygen atoms in total. The molecule has 1 atom stereocenters. The number of benzene rings is 1. The number of hydrogen-bond donors (Lipinski definition) is 1. The van der Waals surface area contributed by atoms with Gasteiger partial charge in [0.1, 0.15) is 13.2 Å². The van der Waals surface area contributed by atoms with Gasteiger partial charge in [0.2, 0.25) is 0 Å². The van der Waals surface area contributed by atoms with Crippen molar-refractivity contribution in [2.45, 2.75) is 12.8 Å². The number of aliphatic hydroxyl groups excluding tert-OH is 1. The second-order valence-electron chi connectivity index (χ2n) is 5.42. The van der Waals surface area contributed by atoms with Crippen LogP contribution in [0.3, 0.4) is 0 Å². The molecule has 3 rings (SSSR count). The molecule has 0 spiro atoms. The lowest BCUT2D eigenvalue weighted by Crippen LogP contribution is -2.41. The molecule has 1 aromatic rings. The molecule has 2 aliphatic rings. The summed E-state index contributed by atoms with van der Waals surface area (Å²) in [7, 11) is 0. The van der Waals surface area contributed by atoms with Crippen molar-refractivity contribution < 1.29 is 19.4 Å². The molecule has 1 aromatic carbocycles. The van der Waals surface area contributed by atoms with Crippen LogP contribution in [0.2, 0.25) is 5.02 Å². The van der Waals surface area contributed by atoms with Crippen molar-refractivity contribution in [1.82, 2.24) is 4.90 Å². The number of carbonyl (C=O) groups excluding carboxylic acids is 1. The number of rotatable bonds is 2. The highest BCUT2D eigenvalue weighted by molar-refractivity contribution is 6.32. The third-order valence-electron chi connectivity index (χ3n) is 3.91. The van der Waals surface area contributed by atoms with E-state index in [4.69, 9.17) is 21.1 Å². The van der Waals surface area contributed by atoms with Crippen LogP contribution in [-0.4, -0.2) is 48.8 Å². The van der Waals surface area contributed by atoms with Crippen molar-refractivity contribution in [3.63, 3.8) is 0 Å². The van der Waals surface area contributed by atoms with Gasteiger partial charge in [-0.15, -0.1) is 0 Å². The molecule has 0 radical (unpaired) electrons. The standard InChI is InChI=1S/C15H18ClNO4/c16-12-6-11(7-13-14(12)21-5-4-20-13)15(19)17-3-1-2-10(8-17)9-18/h6-7,10,18H,1-5,8-9H2. The minimum atomic E-state index is -0.0768. The van der Waals surface area contributed by atoms with Crippen LogP contribution in [0.5, 0.6) is 11.5 Å². The normalized spacial score (nSPS) is 21.2. The fraction of sp³-hybridized carbons (Fsp3) is 0.533. The molecule has 0 aromatic heterocycles. The van der Waals surface area contributed by atoms with Crippen molar-refractivity contribution in [1.29, 1.82) is 0 Å². The Bertz CT molecular complexity index is 549. The van der Waals surface area contributed by atoms with Gasteiger partial charge in [0, 0.05) is 25.3 Å². The summed E-state index contributed by atoms with van der Waals surface area (Å²) in [4.78, 5) is 14.4. The number of piperidine rings is 1. The number of ether oxygens (including phenoxy) is 2. The summed E-state index contributed by atoms with van der Waals surface area (Å²) >= 11 is 6.17. The van der Waals surface area contributed by atoms with Crippen LogP contribution in [0, 0.1) is 5.92 Å². The van der Waals surface area contributed by atoms with Gasteiger partial charge in [-0.05, 0) is 30.9 Å². The van der Waals surface area contributed by atoms with Gasteiger partial charge in [0.05, 0.1) is 5.02 Å². The van der Waals surface area contributed by atoms with Crippen LogP contribution in [0.4, 0.5) is 0 Å². The molecule has 114 valence electrons. The zero-order chi connectivity index (χ0) is 14.8. The zero-order valence-corrected chi connectivity index (χ0v) is 12.4. The Labute approximate surface area is 128 Å². The lowest BCUT2D eigenvalue weighted by molar-refractivity contribution is 0.0619. The van der Waals surface area contributed by atoms with E-state index in [-0.39, 0.29) is 18.4 Å². The summed E-state index contributed by atoms with van der Waals surface area (Å²) in [5.74, 6) is 1.11. The first-order chi connectivity index (χ1) is 10.2. The Balaban J connectivity index is 1.83. The number of aliphatic hydroxyl groups is 1. The number of halogens is 1. The summed E-state index contributed by atoms with van der Waals surface area (Å²) in [6, 6.07) is 3.31. The summed E-state index contributed by atoms with van der Waals surface area (Å²) in [5.41, 5.74) is 0.503. The van der Waals surface area contributed by atoms with Crippen molar-refractivity contribution in [2.24, 2.45) is 5.92 Å². The van der Waals surface area contributed by atoms with E-state index in [0.29, 0.717) is 48.4 Å². The van der Waals surface area contributed by atoms with Crippen LogP contribution in [-0.2, 0) is 0 Å². The highest BCUT2D eigenvalue weighted by atomic mass is 35.5. The van der Waals surface area contributed by atoms with Crippen LogP contribution in [0.25, 0.3) is 0 Å². The number of hydrogen-bond acceptors (Lipinski definition) is 4. The molecule has 0 aliphatic carbocycles. The van der Waals surface area contributed by atoms with Gasteiger partial charge < -0.3 is 19.5 Å². The number of fused-ring (bicyclic) bond motifs is 1. The quantitative estimate of drug-likeness (QED) is 0.907. The predicted octanol–water partition coefficient (Wildman–Crippen LogP) is 1.96. The van der Waals surface area contributed by atoms with Crippen LogP contribution < -0.4 is 9.47 Å². The van der Waals surface area contributed by atoms with Crippen molar-refractivity contribution >= 4 is 17.5 Å². The van der Waals surface area contributed by atoms with Gasteiger partial charge in [-0.3, -0.25) is 4.79 Å². The third-order valence-corrected chi connectivity index (χ3v) is 4.19. The maximum Gasteiger partial charge on any atom is 0.254 e. The first kappa shape index (κ1) is 14.5. The Morgan fingerprint density at radius 1 is 1.38 bits per heavy atom. The van der Waals surface area contributed by atoms with E-state index in [1.165, 1.54) is 0 Å². The minimum Gasteiger partial charge on any atom is -0.486 e. The fourth-order valence-electron chi connectivity index (χ4n) is 2.82. The fourth-order valence-corrected chi connectivity index (χ4v) is 3.08. The number of nitrogens with zero attached hydrogens (tertiary/aromatic N) is 1. The molecule has 1 amide bonds. The minimum absolute atomic E-state index is 0.0768. The monoisotopic (exact) mass is 311 g/mol. The first-order valence-corrected chi connectivity index (χ1v) is 7.56. The molecule has 2 aliphatic heterocycles. The third kappa shape index (κ3) is 2.94. The molecule has 21 heavy (non-hydrogen) atoms. The Morgan fingerprint density at radius 2 is 2.19 bits per heavy atom. The molecule has 1 saturated heterocycles. The van der Waals surface area contributed by atoms with Crippen molar-refractivity contribution in [2.75, 3.05) is 32.9 Å². The average molecular weight is 312 g/mol. The van der Waals surface area contributed by atoms with Gasteiger partial charge in [-0.25, -0.2) is 0 Å². The van der Waals surface area contributed by atoms with Crippen molar-refractivity contribution in [3.8, 4) is 11.5 Å². The Morgan fingerprint density at radius 3 is 3.00 bits per heavy atom. The van der Waals surface area contributed by atoms with Gasteiger partial charge >= 0.3 is 0 Å². The summed E-state index contributed by atoms with van der Waals surface area (Å²) < 4.78 is 11.0. The van der Waals surface area contributed by atoms with E-state index in [9.17, 15) is 9.90 Å².